The number of hydrogen-bond acceptors (Lipinski definition) is 6. The first kappa shape index (κ1) is 24.5. The van der Waals surface area contributed by atoms with Crippen LogP contribution in [0.2, 0.25) is 0 Å². The summed E-state index contributed by atoms with van der Waals surface area (Å²) in [5.41, 5.74) is 0.832. The molecule has 0 aliphatic heterocycles. The molecule has 0 aromatic heterocycles. The van der Waals surface area contributed by atoms with Gasteiger partial charge in [0.05, 0.1) is 30.4 Å². The molecule has 0 aliphatic carbocycles. The van der Waals surface area contributed by atoms with E-state index in [-0.39, 0.29) is 5.97 Å². The molecule has 0 bridgehead atoms. The molecule has 0 spiro atoms. The zero-order chi connectivity index (χ0) is 22.6. The first-order valence-corrected chi connectivity index (χ1v) is 10.8. The van der Waals surface area contributed by atoms with E-state index in [0.29, 0.717) is 46.1 Å². The summed E-state index contributed by atoms with van der Waals surface area (Å²) in [4.78, 5) is 23.6. The van der Waals surface area contributed by atoms with Crippen LogP contribution < -0.4 is 14.2 Å². The van der Waals surface area contributed by atoms with Gasteiger partial charge in [-0.1, -0.05) is 6.58 Å². The Labute approximate surface area is 191 Å². The number of carbonyl (C=O) groups excluding carboxylic acids is 2. The van der Waals surface area contributed by atoms with Gasteiger partial charge in [0.15, 0.2) is 0 Å². The van der Waals surface area contributed by atoms with Gasteiger partial charge in [-0.3, -0.25) is 0 Å². The second-order valence-electron chi connectivity index (χ2n) is 6.89. The van der Waals surface area contributed by atoms with E-state index in [1.165, 1.54) is 0 Å². The highest BCUT2D eigenvalue weighted by Crippen LogP contribution is 2.27. The summed E-state index contributed by atoms with van der Waals surface area (Å²) >= 11 is 3.44. The molecule has 31 heavy (non-hydrogen) atoms. The maximum atomic E-state index is 12.3. The van der Waals surface area contributed by atoms with Gasteiger partial charge in [-0.05, 0) is 91.0 Å². The Kier molecular flexibility index (Phi) is 10.1. The highest BCUT2D eigenvalue weighted by atomic mass is 79.9. The smallest absolute Gasteiger partial charge is 0.343 e. The normalized spacial score (nSPS) is 10.3. The first-order chi connectivity index (χ1) is 14.9. The zero-order valence-electron chi connectivity index (χ0n) is 17.8. The SMILES string of the molecule is C=C(C)C(=O)OCCCCCCOc1ccc(C(=O)Oc2ccc(OC)cc2)cc1Br. The number of carbonyl (C=O) groups is 2. The van der Waals surface area contributed by atoms with Crippen LogP contribution in [0.1, 0.15) is 43.0 Å². The quantitative estimate of drug-likeness (QED) is 0.163. The molecule has 0 fully saturated rings. The van der Waals surface area contributed by atoms with Crippen LogP contribution >= 0.6 is 15.9 Å². The first-order valence-electron chi connectivity index (χ1n) is 10.0. The van der Waals surface area contributed by atoms with Crippen LogP contribution in [0.25, 0.3) is 0 Å². The van der Waals surface area contributed by atoms with Crippen LogP contribution in [-0.2, 0) is 9.53 Å². The van der Waals surface area contributed by atoms with Gasteiger partial charge in [0.1, 0.15) is 17.2 Å². The molecule has 0 unspecified atom stereocenters. The Bertz CT molecular complexity index is 891. The molecule has 7 heteroatoms. The lowest BCUT2D eigenvalue weighted by molar-refractivity contribution is -0.139. The summed E-state index contributed by atoms with van der Waals surface area (Å²) in [6.07, 6.45) is 3.61. The molecular weight excluding hydrogens is 464 g/mol. The van der Waals surface area contributed by atoms with Gasteiger partial charge in [-0.15, -0.1) is 0 Å². The van der Waals surface area contributed by atoms with Crippen LogP contribution in [0, 0.1) is 0 Å². The van der Waals surface area contributed by atoms with Crippen LogP contribution in [0.3, 0.4) is 0 Å². The lowest BCUT2D eigenvalue weighted by atomic mass is 10.2. The van der Waals surface area contributed by atoms with Gasteiger partial charge in [0.25, 0.3) is 0 Å². The minimum atomic E-state index is -0.454. The molecule has 0 amide bonds. The fraction of sp³-hybridized carbons (Fsp3) is 0.333. The van der Waals surface area contributed by atoms with Crippen molar-refractivity contribution in [3.8, 4) is 17.2 Å². The minimum Gasteiger partial charge on any atom is -0.497 e. The van der Waals surface area contributed by atoms with E-state index >= 15 is 0 Å². The van der Waals surface area contributed by atoms with Crippen molar-refractivity contribution in [2.75, 3.05) is 20.3 Å². The topological polar surface area (TPSA) is 71.1 Å². The average molecular weight is 491 g/mol. The lowest BCUT2D eigenvalue weighted by Crippen LogP contribution is -2.09. The van der Waals surface area contributed by atoms with Crippen molar-refractivity contribution in [3.63, 3.8) is 0 Å². The molecule has 0 N–H and O–H groups in total. The summed E-state index contributed by atoms with van der Waals surface area (Å²) in [5, 5.41) is 0. The van der Waals surface area contributed by atoms with Crippen molar-refractivity contribution < 1.29 is 28.5 Å². The van der Waals surface area contributed by atoms with Crippen LogP contribution in [0.5, 0.6) is 17.2 Å². The Hall–Kier alpha value is -2.80. The van der Waals surface area contributed by atoms with Crippen molar-refractivity contribution >= 4 is 27.9 Å². The van der Waals surface area contributed by atoms with Gasteiger partial charge in [0.2, 0.25) is 0 Å². The van der Waals surface area contributed by atoms with E-state index in [1.807, 2.05) is 0 Å². The largest absolute Gasteiger partial charge is 0.497 e. The zero-order valence-corrected chi connectivity index (χ0v) is 19.4. The number of unbranched alkanes of at least 4 members (excludes halogenated alkanes) is 3. The fourth-order valence-corrected chi connectivity index (χ4v) is 3.08. The third kappa shape index (κ3) is 8.45. The average Bonchev–Trinajstić information content (AvgIpc) is 2.76. The summed E-state index contributed by atoms with van der Waals surface area (Å²) < 4.78 is 22.0. The Balaban J connectivity index is 1.71. The standard InChI is InChI=1S/C24H27BrO6/c1-17(2)23(26)30-15-7-5-4-6-14-29-22-13-8-18(16-21(22)25)24(27)31-20-11-9-19(28-3)10-12-20/h8-13,16H,1,4-7,14-15H2,2-3H3. The van der Waals surface area contributed by atoms with Gasteiger partial charge in [0, 0.05) is 5.57 Å². The van der Waals surface area contributed by atoms with E-state index < -0.39 is 5.97 Å². The molecule has 2 aromatic rings. The molecule has 6 nitrogen and oxygen atoms in total. The maximum absolute atomic E-state index is 12.3. The molecule has 0 atom stereocenters. The highest BCUT2D eigenvalue weighted by molar-refractivity contribution is 9.10. The molecule has 0 radical (unpaired) electrons. The number of rotatable bonds is 12. The van der Waals surface area contributed by atoms with Crippen molar-refractivity contribution in [2.45, 2.75) is 32.6 Å². The van der Waals surface area contributed by atoms with E-state index in [2.05, 4.69) is 22.5 Å². The van der Waals surface area contributed by atoms with Gasteiger partial charge < -0.3 is 18.9 Å². The third-order valence-electron chi connectivity index (χ3n) is 4.32. The second-order valence-corrected chi connectivity index (χ2v) is 7.74. The Morgan fingerprint density at radius 1 is 0.935 bits per heavy atom. The van der Waals surface area contributed by atoms with Crippen LogP contribution in [-0.4, -0.2) is 32.3 Å². The monoisotopic (exact) mass is 490 g/mol. The van der Waals surface area contributed by atoms with Gasteiger partial charge in [-0.25, -0.2) is 9.59 Å². The highest BCUT2D eigenvalue weighted by Gasteiger charge is 2.12. The number of benzene rings is 2. The van der Waals surface area contributed by atoms with Crippen molar-refractivity contribution in [2.24, 2.45) is 0 Å². The number of esters is 2. The van der Waals surface area contributed by atoms with Gasteiger partial charge >= 0.3 is 11.9 Å². The summed E-state index contributed by atoms with van der Waals surface area (Å²) in [7, 11) is 1.58. The molecule has 0 saturated carbocycles. The van der Waals surface area contributed by atoms with Crippen molar-refractivity contribution in [3.05, 3.63) is 64.7 Å². The Morgan fingerprint density at radius 2 is 1.58 bits per heavy atom. The number of hydrogen-bond donors (Lipinski definition) is 0. The molecule has 166 valence electrons. The van der Waals surface area contributed by atoms with Crippen molar-refractivity contribution in [1.82, 2.24) is 0 Å². The number of ether oxygens (including phenoxy) is 4. The number of methoxy groups -OCH3 is 1. The second kappa shape index (κ2) is 12.8. The van der Waals surface area contributed by atoms with Crippen molar-refractivity contribution in [1.29, 1.82) is 0 Å². The number of halogens is 1. The molecular formula is C24H27BrO6. The van der Waals surface area contributed by atoms with Crippen LogP contribution in [0.4, 0.5) is 0 Å². The lowest BCUT2D eigenvalue weighted by Gasteiger charge is -2.10. The van der Waals surface area contributed by atoms with E-state index in [9.17, 15) is 9.59 Å². The maximum Gasteiger partial charge on any atom is 0.343 e. The van der Waals surface area contributed by atoms with E-state index in [1.54, 1.807) is 56.5 Å². The summed E-state index contributed by atoms with van der Waals surface area (Å²) in [6.45, 7) is 6.14. The van der Waals surface area contributed by atoms with E-state index in [4.69, 9.17) is 18.9 Å². The molecule has 0 aliphatic rings. The predicted octanol–water partition coefficient (Wildman–Crippen LogP) is 5.74. The summed E-state index contributed by atoms with van der Waals surface area (Å²) in [5.74, 6) is 0.998. The Morgan fingerprint density at radius 3 is 2.19 bits per heavy atom. The summed E-state index contributed by atoms with van der Waals surface area (Å²) in [6, 6.07) is 11.9. The predicted molar refractivity (Wildman–Crippen MR) is 122 cm³/mol. The molecule has 2 aromatic carbocycles. The minimum absolute atomic E-state index is 0.343. The third-order valence-corrected chi connectivity index (χ3v) is 4.94. The van der Waals surface area contributed by atoms with Gasteiger partial charge in [-0.2, -0.15) is 0 Å². The van der Waals surface area contributed by atoms with E-state index in [0.717, 1.165) is 25.7 Å². The molecule has 2 rings (SSSR count). The van der Waals surface area contributed by atoms with Crippen LogP contribution in [0.15, 0.2) is 59.1 Å². The fourth-order valence-electron chi connectivity index (χ4n) is 2.58. The molecule has 0 saturated heterocycles. The molecule has 0 heterocycles.